The van der Waals surface area contributed by atoms with E-state index in [1.165, 1.54) is 13.2 Å². The molecule has 4 aliphatic rings. The predicted octanol–water partition coefficient (Wildman–Crippen LogP) is -3.02. The molecule has 0 radical (unpaired) electrons. The van der Waals surface area contributed by atoms with Gasteiger partial charge in [-0.05, 0) is 6.08 Å². The minimum absolute atomic E-state index is 0.100. The van der Waals surface area contributed by atoms with Gasteiger partial charge in [0.2, 0.25) is 6.29 Å². The van der Waals surface area contributed by atoms with E-state index in [0.29, 0.717) is 0 Å². The minimum atomic E-state index is -1.60. The Morgan fingerprint density at radius 1 is 1.11 bits per heavy atom. The second kappa shape index (κ2) is 7.18. The van der Waals surface area contributed by atoms with Gasteiger partial charge in [0.05, 0.1) is 24.9 Å². The van der Waals surface area contributed by atoms with Crippen LogP contribution in [0.25, 0.3) is 0 Å². The van der Waals surface area contributed by atoms with Gasteiger partial charge in [-0.2, -0.15) is 0 Å². The van der Waals surface area contributed by atoms with Gasteiger partial charge in [-0.3, -0.25) is 4.79 Å². The molecule has 0 bridgehead atoms. The summed E-state index contributed by atoms with van der Waals surface area (Å²) in [5, 5.41) is 49.8. The van der Waals surface area contributed by atoms with E-state index in [4.69, 9.17) is 23.7 Å². The van der Waals surface area contributed by atoms with Gasteiger partial charge >= 0.3 is 5.97 Å². The summed E-state index contributed by atoms with van der Waals surface area (Å²) < 4.78 is 27.4. The number of carbonyl (C=O) groups excluding carboxylic acids is 1. The first kappa shape index (κ1) is 20.0. The van der Waals surface area contributed by atoms with E-state index in [9.17, 15) is 30.3 Å². The number of epoxide rings is 1. The largest absolute Gasteiger partial charge is 0.472 e. The Morgan fingerprint density at radius 3 is 2.54 bits per heavy atom. The zero-order valence-corrected chi connectivity index (χ0v) is 15.0. The molecule has 158 valence electrons. The number of hydrogen-bond donors (Lipinski definition) is 5. The Kier molecular flexibility index (Phi) is 5.13. The van der Waals surface area contributed by atoms with Crippen molar-refractivity contribution in [2.24, 2.45) is 11.8 Å². The van der Waals surface area contributed by atoms with Crippen molar-refractivity contribution < 1.29 is 54.0 Å². The van der Waals surface area contributed by atoms with Crippen molar-refractivity contribution in [2.75, 3.05) is 13.2 Å². The van der Waals surface area contributed by atoms with Crippen molar-refractivity contribution in [1.82, 2.24) is 0 Å². The van der Waals surface area contributed by atoms with Gasteiger partial charge in [0.25, 0.3) is 0 Å². The molecule has 3 heterocycles. The first-order chi connectivity index (χ1) is 13.3. The van der Waals surface area contributed by atoms with Gasteiger partial charge in [-0.25, -0.2) is 0 Å². The molecule has 5 N–H and O–H groups in total. The van der Waals surface area contributed by atoms with E-state index < -0.39 is 79.2 Å². The van der Waals surface area contributed by atoms with E-state index >= 15 is 0 Å². The zero-order chi connectivity index (χ0) is 20.2. The van der Waals surface area contributed by atoms with E-state index in [0.717, 1.165) is 0 Å². The Morgan fingerprint density at radius 2 is 1.86 bits per heavy atom. The number of rotatable bonds is 5. The van der Waals surface area contributed by atoms with Gasteiger partial charge in [-0.1, -0.05) is 0 Å². The molecule has 11 unspecified atom stereocenters. The van der Waals surface area contributed by atoms with Gasteiger partial charge in [0.15, 0.2) is 6.29 Å². The van der Waals surface area contributed by atoms with Crippen LogP contribution in [0.5, 0.6) is 0 Å². The van der Waals surface area contributed by atoms with Crippen LogP contribution < -0.4 is 0 Å². The number of esters is 1. The van der Waals surface area contributed by atoms with Crippen molar-refractivity contribution >= 4 is 5.97 Å². The lowest BCUT2D eigenvalue weighted by molar-refractivity contribution is -0.344. The van der Waals surface area contributed by atoms with Crippen LogP contribution in [0.15, 0.2) is 12.3 Å². The highest BCUT2D eigenvalue weighted by Crippen LogP contribution is 2.60. The maximum atomic E-state index is 11.2. The van der Waals surface area contributed by atoms with Crippen molar-refractivity contribution in [2.45, 2.75) is 61.7 Å². The summed E-state index contributed by atoms with van der Waals surface area (Å²) in [6.45, 7) is 0.565. The highest BCUT2D eigenvalue weighted by Gasteiger charge is 2.76. The molecule has 1 aliphatic carbocycles. The number of aliphatic hydroxyl groups is 5. The fourth-order valence-corrected chi connectivity index (χ4v) is 4.37. The summed E-state index contributed by atoms with van der Waals surface area (Å²) >= 11 is 0. The first-order valence-corrected chi connectivity index (χ1v) is 9.07. The quantitative estimate of drug-likeness (QED) is 0.234. The molecule has 0 aromatic heterocycles. The summed E-state index contributed by atoms with van der Waals surface area (Å²) in [6, 6.07) is 0. The summed E-state index contributed by atoms with van der Waals surface area (Å²) in [7, 11) is 0. The molecular formula is C17H24O11. The molecule has 28 heavy (non-hydrogen) atoms. The van der Waals surface area contributed by atoms with Crippen LogP contribution in [0.2, 0.25) is 0 Å². The fourth-order valence-electron chi connectivity index (χ4n) is 4.37. The highest BCUT2D eigenvalue weighted by molar-refractivity contribution is 5.66. The predicted molar refractivity (Wildman–Crippen MR) is 86.1 cm³/mol. The molecule has 11 heteroatoms. The maximum absolute atomic E-state index is 11.2. The summed E-state index contributed by atoms with van der Waals surface area (Å²) in [6.07, 6.45) is -6.72. The molecule has 0 spiro atoms. The molecule has 0 aromatic carbocycles. The van der Waals surface area contributed by atoms with Crippen molar-refractivity contribution in [3.8, 4) is 0 Å². The molecule has 11 atom stereocenters. The number of carbonyl (C=O) groups is 1. The van der Waals surface area contributed by atoms with E-state index in [-0.39, 0.29) is 6.61 Å². The van der Waals surface area contributed by atoms with Gasteiger partial charge < -0.3 is 49.2 Å². The number of hydrogen-bond acceptors (Lipinski definition) is 11. The molecule has 0 aromatic rings. The van der Waals surface area contributed by atoms with Crippen molar-refractivity contribution in [3.63, 3.8) is 0 Å². The lowest BCUT2D eigenvalue weighted by Crippen LogP contribution is -2.60. The third-order valence-corrected chi connectivity index (χ3v) is 5.88. The van der Waals surface area contributed by atoms with E-state index in [1.54, 1.807) is 6.08 Å². The van der Waals surface area contributed by atoms with Crippen LogP contribution in [0, 0.1) is 11.8 Å². The normalized spacial score (nSPS) is 51.8. The molecule has 3 aliphatic heterocycles. The van der Waals surface area contributed by atoms with Crippen LogP contribution >= 0.6 is 0 Å². The lowest BCUT2D eigenvalue weighted by Gasteiger charge is -2.43. The third-order valence-electron chi connectivity index (χ3n) is 5.88. The monoisotopic (exact) mass is 404 g/mol. The van der Waals surface area contributed by atoms with Gasteiger partial charge in [0, 0.05) is 12.8 Å². The standard InChI is InChI=1S/C17H24O11/c1-6(19)25-5-17-9-7(10(20)14(17)28-17)2-3-24-15(9)27-16-13(23)12(22)11(21)8(4-18)26-16/h2-3,7-16,18,20-23H,4-5H2,1H3. The molecule has 11 nitrogen and oxygen atoms in total. The average molecular weight is 404 g/mol. The second-order valence-electron chi connectivity index (χ2n) is 7.53. The van der Waals surface area contributed by atoms with E-state index in [1.807, 2.05) is 0 Å². The molecule has 0 amide bonds. The minimum Gasteiger partial charge on any atom is -0.472 e. The number of aliphatic hydroxyl groups excluding tert-OH is 5. The maximum Gasteiger partial charge on any atom is 0.302 e. The van der Waals surface area contributed by atoms with Crippen LogP contribution in [0.4, 0.5) is 0 Å². The molecule has 4 rings (SSSR count). The van der Waals surface area contributed by atoms with E-state index in [2.05, 4.69) is 0 Å². The smallest absolute Gasteiger partial charge is 0.302 e. The lowest BCUT2D eigenvalue weighted by atomic mass is 9.85. The SMILES string of the molecule is CC(=O)OCC12OC1C(O)C1C=COC(OC3OC(CO)C(O)C(O)C3O)C12. The van der Waals surface area contributed by atoms with Crippen LogP contribution in [-0.4, -0.2) is 99.5 Å². The summed E-state index contributed by atoms with van der Waals surface area (Å²) in [5.74, 6) is -1.48. The Labute approximate surface area is 160 Å². The number of fused-ring (bicyclic) bond motifs is 3. The molecular weight excluding hydrogens is 380 g/mol. The van der Waals surface area contributed by atoms with Gasteiger partial charge in [0.1, 0.15) is 42.7 Å². The van der Waals surface area contributed by atoms with Crippen LogP contribution in [0.3, 0.4) is 0 Å². The zero-order valence-electron chi connectivity index (χ0n) is 15.0. The molecule has 1 saturated carbocycles. The molecule has 2 saturated heterocycles. The third kappa shape index (κ3) is 3.02. The van der Waals surface area contributed by atoms with Crippen molar-refractivity contribution in [3.05, 3.63) is 12.3 Å². The fraction of sp³-hybridized carbons (Fsp3) is 0.824. The Bertz CT molecular complexity index is 639. The van der Waals surface area contributed by atoms with Gasteiger partial charge in [-0.15, -0.1) is 0 Å². The molecule has 3 fully saturated rings. The Balaban J connectivity index is 1.53. The van der Waals surface area contributed by atoms with Crippen LogP contribution in [-0.2, 0) is 28.5 Å². The summed E-state index contributed by atoms with van der Waals surface area (Å²) in [4.78, 5) is 11.2. The second-order valence-corrected chi connectivity index (χ2v) is 7.53. The number of ether oxygens (including phenoxy) is 5. The van der Waals surface area contributed by atoms with Crippen molar-refractivity contribution in [1.29, 1.82) is 0 Å². The first-order valence-electron chi connectivity index (χ1n) is 9.07. The Hall–Kier alpha value is -1.31. The summed E-state index contributed by atoms with van der Waals surface area (Å²) in [5.41, 5.74) is -1.00. The van der Waals surface area contributed by atoms with Crippen LogP contribution in [0.1, 0.15) is 6.92 Å². The highest BCUT2D eigenvalue weighted by atomic mass is 16.8. The average Bonchev–Trinajstić information content (AvgIpc) is 3.36. The topological polar surface area (TPSA) is 168 Å².